The molecular formula is C23H36O3. The van der Waals surface area contributed by atoms with Gasteiger partial charge in [-0.3, -0.25) is 4.79 Å². The van der Waals surface area contributed by atoms with Gasteiger partial charge >= 0.3 is 0 Å². The summed E-state index contributed by atoms with van der Waals surface area (Å²) in [6, 6.07) is 0. The molecule has 0 aromatic heterocycles. The highest BCUT2D eigenvalue weighted by atomic mass is 16.5. The quantitative estimate of drug-likeness (QED) is 0.755. The summed E-state index contributed by atoms with van der Waals surface area (Å²) in [5.41, 5.74) is -0.995. The molecule has 4 unspecified atom stereocenters. The summed E-state index contributed by atoms with van der Waals surface area (Å²) in [5, 5.41) is 11.5. The molecule has 0 aliphatic heterocycles. The minimum absolute atomic E-state index is 0.0484. The monoisotopic (exact) mass is 360 g/mol. The van der Waals surface area contributed by atoms with Gasteiger partial charge in [0, 0.05) is 29.8 Å². The van der Waals surface area contributed by atoms with Gasteiger partial charge in [-0.15, -0.1) is 12.3 Å². The molecule has 0 spiro atoms. The number of hydrogen-bond donors (Lipinski definition) is 1. The fourth-order valence-electron chi connectivity index (χ4n) is 7.05. The Kier molecular flexibility index (Phi) is 4.86. The summed E-state index contributed by atoms with van der Waals surface area (Å²) in [7, 11) is 1.79. The topological polar surface area (TPSA) is 46.5 Å². The molecular weight excluding hydrogens is 324 g/mol. The molecule has 3 aliphatic carbocycles. The van der Waals surface area contributed by atoms with Crippen LogP contribution in [0.25, 0.3) is 0 Å². The second-order valence-electron chi connectivity index (χ2n) is 9.94. The highest BCUT2D eigenvalue weighted by Gasteiger charge is 2.68. The number of terminal acetylenes is 1. The highest BCUT2D eigenvalue weighted by Crippen LogP contribution is 2.68. The van der Waals surface area contributed by atoms with Crippen molar-refractivity contribution in [3.63, 3.8) is 0 Å². The van der Waals surface area contributed by atoms with Gasteiger partial charge in [-0.2, -0.15) is 0 Å². The SMILES string of the molecule is C#CC(C)[C@]1(C)C[C@@H](O)[C@@]2(C)C3C(OC)CCC3(CC[C@H]2C)[C@@H](C)C1=O. The molecule has 1 N–H and O–H groups in total. The summed E-state index contributed by atoms with van der Waals surface area (Å²) in [4.78, 5) is 13.7. The van der Waals surface area contributed by atoms with E-state index in [1.54, 1.807) is 7.11 Å². The molecule has 3 rings (SSSR count). The molecule has 2 bridgehead atoms. The zero-order chi connectivity index (χ0) is 19.5. The third kappa shape index (κ3) is 2.31. The van der Waals surface area contributed by atoms with Crippen LogP contribution in [0.5, 0.6) is 0 Å². The predicted octanol–water partition coefficient (Wildman–Crippen LogP) is 4.08. The lowest BCUT2D eigenvalue weighted by Gasteiger charge is -2.61. The third-order valence-corrected chi connectivity index (χ3v) is 9.32. The molecule has 0 amide bonds. The van der Waals surface area contributed by atoms with E-state index >= 15 is 0 Å². The smallest absolute Gasteiger partial charge is 0.143 e. The molecule has 3 saturated carbocycles. The second-order valence-corrected chi connectivity index (χ2v) is 9.94. The first-order valence-corrected chi connectivity index (χ1v) is 10.3. The van der Waals surface area contributed by atoms with Crippen LogP contribution < -0.4 is 0 Å². The summed E-state index contributed by atoms with van der Waals surface area (Å²) in [6.07, 6.45) is 9.90. The Morgan fingerprint density at radius 1 is 1.27 bits per heavy atom. The lowest BCUT2D eigenvalue weighted by Crippen LogP contribution is -2.63. The fraction of sp³-hybridized carbons (Fsp3) is 0.870. The van der Waals surface area contributed by atoms with Crippen LogP contribution >= 0.6 is 0 Å². The van der Waals surface area contributed by atoms with Crippen molar-refractivity contribution in [1.29, 1.82) is 0 Å². The number of ketones is 1. The van der Waals surface area contributed by atoms with E-state index in [0.29, 0.717) is 12.3 Å². The molecule has 3 nitrogen and oxygen atoms in total. The number of ether oxygens (including phenoxy) is 1. The van der Waals surface area contributed by atoms with Crippen molar-refractivity contribution in [2.24, 2.45) is 39.9 Å². The molecule has 9 atom stereocenters. The number of methoxy groups -OCH3 is 1. The molecule has 0 aromatic rings. The fourth-order valence-corrected chi connectivity index (χ4v) is 7.05. The van der Waals surface area contributed by atoms with Gasteiger partial charge in [0.05, 0.1) is 12.2 Å². The van der Waals surface area contributed by atoms with Crippen LogP contribution in [0, 0.1) is 52.3 Å². The zero-order valence-electron chi connectivity index (χ0n) is 17.3. The van der Waals surface area contributed by atoms with E-state index in [1.165, 1.54) is 0 Å². The van der Waals surface area contributed by atoms with Crippen molar-refractivity contribution in [1.82, 2.24) is 0 Å². The summed E-state index contributed by atoms with van der Waals surface area (Å²) >= 11 is 0. The Labute approximate surface area is 159 Å². The molecule has 0 radical (unpaired) electrons. The van der Waals surface area contributed by atoms with Crippen LogP contribution in [0.3, 0.4) is 0 Å². The second kappa shape index (κ2) is 6.35. The van der Waals surface area contributed by atoms with Crippen molar-refractivity contribution in [3.05, 3.63) is 0 Å². The Bertz CT molecular complexity index is 621. The van der Waals surface area contributed by atoms with E-state index in [9.17, 15) is 9.90 Å². The first-order valence-electron chi connectivity index (χ1n) is 10.3. The maximum Gasteiger partial charge on any atom is 0.143 e. The van der Waals surface area contributed by atoms with E-state index in [4.69, 9.17) is 11.2 Å². The van der Waals surface area contributed by atoms with Gasteiger partial charge < -0.3 is 9.84 Å². The van der Waals surface area contributed by atoms with E-state index in [1.807, 2.05) is 13.8 Å². The average molecular weight is 361 g/mol. The number of aliphatic hydroxyl groups excluding tert-OH is 1. The van der Waals surface area contributed by atoms with Gasteiger partial charge in [0.15, 0.2) is 0 Å². The lowest BCUT2D eigenvalue weighted by molar-refractivity contribution is -0.193. The minimum atomic E-state index is -0.672. The molecule has 3 aliphatic rings. The number of hydrogen-bond acceptors (Lipinski definition) is 3. The van der Waals surface area contributed by atoms with Crippen LogP contribution in [0.15, 0.2) is 0 Å². The van der Waals surface area contributed by atoms with Gasteiger partial charge in [0.25, 0.3) is 0 Å². The van der Waals surface area contributed by atoms with E-state index in [-0.39, 0.29) is 40.5 Å². The largest absolute Gasteiger partial charge is 0.393 e. The van der Waals surface area contributed by atoms with Crippen LogP contribution in [0.1, 0.15) is 66.7 Å². The Hall–Kier alpha value is -0.850. The van der Waals surface area contributed by atoms with Gasteiger partial charge in [0.1, 0.15) is 5.78 Å². The molecule has 0 aromatic carbocycles. The highest BCUT2D eigenvalue weighted by molar-refractivity contribution is 5.88. The van der Waals surface area contributed by atoms with E-state index in [2.05, 4.69) is 26.7 Å². The third-order valence-electron chi connectivity index (χ3n) is 9.32. The Balaban J connectivity index is 2.20. The minimum Gasteiger partial charge on any atom is -0.393 e. The van der Waals surface area contributed by atoms with Gasteiger partial charge in [-0.05, 0) is 49.4 Å². The Morgan fingerprint density at radius 2 is 1.88 bits per heavy atom. The number of rotatable bonds is 2. The zero-order valence-corrected chi connectivity index (χ0v) is 17.3. The van der Waals surface area contributed by atoms with Crippen LogP contribution in [-0.2, 0) is 9.53 Å². The van der Waals surface area contributed by atoms with Crippen molar-refractivity contribution >= 4 is 5.78 Å². The number of carbonyl (C=O) groups is 1. The number of Topliss-reactive ketones (excluding diaryl/α,β-unsaturated/α-hetero) is 1. The van der Waals surface area contributed by atoms with E-state index in [0.717, 1.165) is 25.7 Å². The van der Waals surface area contributed by atoms with Gasteiger partial charge in [-0.1, -0.05) is 34.6 Å². The lowest BCUT2D eigenvalue weighted by atomic mass is 9.43. The maximum atomic E-state index is 13.7. The average Bonchev–Trinajstić information content (AvgIpc) is 3.02. The van der Waals surface area contributed by atoms with Crippen molar-refractivity contribution in [2.45, 2.75) is 78.9 Å². The van der Waals surface area contributed by atoms with Crippen molar-refractivity contribution < 1.29 is 14.6 Å². The molecule has 0 saturated heterocycles. The maximum absolute atomic E-state index is 13.7. The van der Waals surface area contributed by atoms with Gasteiger partial charge in [-0.25, -0.2) is 0 Å². The number of carbonyl (C=O) groups excluding carboxylic acids is 1. The Morgan fingerprint density at radius 3 is 2.46 bits per heavy atom. The van der Waals surface area contributed by atoms with E-state index < -0.39 is 11.5 Å². The van der Waals surface area contributed by atoms with Gasteiger partial charge in [0.2, 0.25) is 0 Å². The van der Waals surface area contributed by atoms with Crippen molar-refractivity contribution in [3.8, 4) is 12.3 Å². The van der Waals surface area contributed by atoms with Crippen LogP contribution in [0.2, 0.25) is 0 Å². The van der Waals surface area contributed by atoms with Crippen LogP contribution in [-0.4, -0.2) is 30.2 Å². The summed E-state index contributed by atoms with van der Waals surface area (Å²) in [6.45, 7) is 10.6. The molecule has 3 heteroatoms. The van der Waals surface area contributed by atoms with Crippen molar-refractivity contribution in [2.75, 3.05) is 7.11 Å². The van der Waals surface area contributed by atoms with Crippen LogP contribution in [0.4, 0.5) is 0 Å². The molecule has 26 heavy (non-hydrogen) atoms. The summed E-state index contributed by atoms with van der Waals surface area (Å²) in [5.74, 6) is 3.45. The predicted molar refractivity (Wildman–Crippen MR) is 103 cm³/mol. The first-order chi connectivity index (χ1) is 12.1. The molecule has 0 heterocycles. The summed E-state index contributed by atoms with van der Waals surface area (Å²) < 4.78 is 5.92. The molecule has 3 fully saturated rings. The first kappa shape index (κ1) is 19.9. The molecule has 146 valence electrons. The standard InChI is InChI=1S/C23H36O3/c1-8-14(2)21(5)13-18(24)22(6)15(3)9-11-23(16(4)20(21)25)12-10-17(26-7)19(22)23/h1,14-19,24H,9-13H2,2-7H3/t14?,15-,16+,17?,18-,19?,21+,22+,23?/m1/s1. The number of aliphatic hydroxyl groups is 1. The normalized spacial score (nSPS) is 52.5.